The van der Waals surface area contributed by atoms with E-state index in [0.29, 0.717) is 0 Å². The molecule has 0 saturated carbocycles. The van der Waals surface area contributed by atoms with Crippen molar-refractivity contribution >= 4 is 43.1 Å². The maximum atomic E-state index is 2.21. The van der Waals surface area contributed by atoms with Crippen LogP contribution >= 0.6 is 0 Å². The van der Waals surface area contributed by atoms with Gasteiger partial charge in [-0.3, -0.25) is 0 Å². The van der Waals surface area contributed by atoms with Crippen LogP contribution in [-0.4, -0.2) is 0 Å². The Morgan fingerprint density at radius 3 is 1.10 bits per heavy atom. The van der Waals surface area contributed by atoms with Crippen LogP contribution in [0.1, 0.15) is 0 Å². The van der Waals surface area contributed by atoms with E-state index in [-0.39, 0.29) is 51.0 Å². The third-order valence-electron chi connectivity index (χ3n) is 7.52. The van der Waals surface area contributed by atoms with Gasteiger partial charge < -0.3 is 24.8 Å². The molecule has 0 radical (unpaired) electrons. The molecular formula is C38H26Cl2Zr. The van der Waals surface area contributed by atoms with Crippen molar-refractivity contribution in [2.45, 2.75) is 0 Å². The van der Waals surface area contributed by atoms with Crippen LogP contribution in [0.4, 0.5) is 0 Å². The molecule has 41 heavy (non-hydrogen) atoms. The van der Waals surface area contributed by atoms with E-state index in [1.165, 1.54) is 65.3 Å². The van der Waals surface area contributed by atoms with Gasteiger partial charge in [-0.2, -0.15) is 24.3 Å². The Kier molecular flexibility index (Phi) is 10.0. The molecule has 0 saturated heterocycles. The van der Waals surface area contributed by atoms with E-state index in [1.807, 2.05) is 0 Å². The van der Waals surface area contributed by atoms with Crippen molar-refractivity contribution in [3.63, 3.8) is 0 Å². The molecule has 196 valence electrons. The smallest absolute Gasteiger partial charge is 1.00 e. The van der Waals surface area contributed by atoms with Crippen molar-refractivity contribution in [3.05, 3.63) is 158 Å². The van der Waals surface area contributed by atoms with Crippen molar-refractivity contribution in [2.75, 3.05) is 0 Å². The Balaban J connectivity index is 0.000000176. The van der Waals surface area contributed by atoms with E-state index < -0.39 is 0 Å². The summed E-state index contributed by atoms with van der Waals surface area (Å²) in [6.45, 7) is 0. The summed E-state index contributed by atoms with van der Waals surface area (Å²) in [7, 11) is 0. The zero-order valence-corrected chi connectivity index (χ0v) is 26.2. The van der Waals surface area contributed by atoms with Crippen LogP contribution in [0.3, 0.4) is 0 Å². The minimum Gasteiger partial charge on any atom is -1.00 e. The third-order valence-corrected chi connectivity index (χ3v) is 7.52. The Labute approximate surface area is 272 Å². The van der Waals surface area contributed by atoms with Crippen LogP contribution in [0.25, 0.3) is 65.3 Å². The van der Waals surface area contributed by atoms with Crippen LogP contribution in [0.15, 0.2) is 158 Å². The molecule has 0 aromatic heterocycles. The largest absolute Gasteiger partial charge is 4.00 e. The second-order valence-electron chi connectivity index (χ2n) is 9.72. The summed E-state index contributed by atoms with van der Waals surface area (Å²) < 4.78 is 0. The number of hydrogen-bond acceptors (Lipinski definition) is 0. The standard InChI is InChI=1S/2C19H13.2ClH.Zr/c2*1-2-10-16-14(6-1)8-4-12-18(16)19-13-5-9-15-7-3-11-17(15)19;;;/h2*1-13H;2*1H;/q2*-1;;;+4/p-2. The zero-order chi connectivity index (χ0) is 25.3. The second-order valence-corrected chi connectivity index (χ2v) is 9.72. The molecule has 3 heteroatoms. The molecular weight excluding hydrogens is 619 g/mol. The topological polar surface area (TPSA) is 0 Å². The summed E-state index contributed by atoms with van der Waals surface area (Å²) in [6.07, 6.45) is 0. The third kappa shape index (κ3) is 5.81. The number of rotatable bonds is 2. The van der Waals surface area contributed by atoms with Gasteiger partial charge in [0.15, 0.2) is 0 Å². The molecule has 8 aromatic carbocycles. The zero-order valence-electron chi connectivity index (χ0n) is 22.3. The molecule has 0 atom stereocenters. The summed E-state index contributed by atoms with van der Waals surface area (Å²) in [5.41, 5.74) is 5.27. The van der Waals surface area contributed by atoms with Gasteiger partial charge in [-0.1, -0.05) is 108 Å². The van der Waals surface area contributed by atoms with Crippen LogP contribution in [0.2, 0.25) is 0 Å². The van der Waals surface area contributed by atoms with Gasteiger partial charge in [0, 0.05) is 0 Å². The molecule has 0 heterocycles. The number of benzene rings is 6. The molecule has 0 unspecified atom stereocenters. The minimum absolute atomic E-state index is 0. The Bertz CT molecular complexity index is 1890. The summed E-state index contributed by atoms with van der Waals surface area (Å²) in [5.74, 6) is 0. The number of hydrogen-bond donors (Lipinski definition) is 0. The van der Waals surface area contributed by atoms with Gasteiger partial charge >= 0.3 is 26.2 Å². The molecule has 8 aromatic rings. The molecule has 0 bridgehead atoms. The number of fused-ring (bicyclic) bond motifs is 4. The fourth-order valence-electron chi connectivity index (χ4n) is 5.72. The molecule has 0 N–H and O–H groups in total. The second kappa shape index (κ2) is 13.5. The fourth-order valence-corrected chi connectivity index (χ4v) is 5.72. The molecule has 0 aliphatic rings. The first-order valence-electron chi connectivity index (χ1n) is 13.1. The van der Waals surface area contributed by atoms with E-state index in [4.69, 9.17) is 0 Å². The van der Waals surface area contributed by atoms with Crippen LogP contribution < -0.4 is 24.8 Å². The monoisotopic (exact) mass is 642 g/mol. The van der Waals surface area contributed by atoms with Gasteiger partial charge in [-0.25, -0.2) is 0 Å². The average Bonchev–Trinajstić information content (AvgIpc) is 3.67. The quantitative estimate of drug-likeness (QED) is 0.238. The molecule has 0 nitrogen and oxygen atoms in total. The summed E-state index contributed by atoms with van der Waals surface area (Å²) in [5, 5.41) is 10.5. The average molecular weight is 645 g/mol. The van der Waals surface area contributed by atoms with Gasteiger partial charge in [-0.15, -0.1) is 57.9 Å². The van der Waals surface area contributed by atoms with E-state index in [0.717, 1.165) is 0 Å². The fraction of sp³-hybridized carbons (Fsp3) is 0. The van der Waals surface area contributed by atoms with E-state index in [9.17, 15) is 0 Å². The predicted octanol–water partition coefficient (Wildman–Crippen LogP) is 4.76. The number of halogens is 2. The maximum absolute atomic E-state index is 2.21. The summed E-state index contributed by atoms with van der Waals surface area (Å²) in [4.78, 5) is 0. The van der Waals surface area contributed by atoms with Crippen molar-refractivity contribution < 1.29 is 51.0 Å². The van der Waals surface area contributed by atoms with E-state index in [2.05, 4.69) is 158 Å². The van der Waals surface area contributed by atoms with Gasteiger partial charge in [0.05, 0.1) is 0 Å². The van der Waals surface area contributed by atoms with Crippen LogP contribution in [0, 0.1) is 0 Å². The first-order valence-corrected chi connectivity index (χ1v) is 13.1. The Morgan fingerprint density at radius 2 is 0.659 bits per heavy atom. The van der Waals surface area contributed by atoms with Crippen molar-refractivity contribution in [3.8, 4) is 22.3 Å². The summed E-state index contributed by atoms with van der Waals surface area (Å²) >= 11 is 0. The van der Waals surface area contributed by atoms with Crippen molar-refractivity contribution in [2.24, 2.45) is 0 Å². The van der Waals surface area contributed by atoms with E-state index in [1.54, 1.807) is 0 Å². The van der Waals surface area contributed by atoms with Gasteiger partial charge in [0.1, 0.15) is 0 Å². The SMILES string of the molecule is [Cl-].[Cl-].[Zr+4].c1ccc2c(-c3cccc4[cH-]ccc34)cccc2c1.c1ccc2c(-c3cccc4[cH-]ccc34)cccc2c1. The Hall–Kier alpha value is -3.48. The molecule has 0 spiro atoms. The Morgan fingerprint density at radius 1 is 0.317 bits per heavy atom. The van der Waals surface area contributed by atoms with Gasteiger partial charge in [0.25, 0.3) is 0 Å². The first kappa shape index (κ1) is 30.5. The predicted molar refractivity (Wildman–Crippen MR) is 165 cm³/mol. The normalized spacial score (nSPS) is 10.3. The molecule has 0 aliphatic heterocycles. The summed E-state index contributed by atoms with van der Waals surface area (Å²) in [6, 6.07) is 56.2. The minimum atomic E-state index is 0. The molecule has 0 aliphatic carbocycles. The van der Waals surface area contributed by atoms with E-state index >= 15 is 0 Å². The maximum Gasteiger partial charge on any atom is 4.00 e. The molecule has 8 rings (SSSR count). The molecule has 0 amide bonds. The van der Waals surface area contributed by atoms with Gasteiger partial charge in [0.2, 0.25) is 0 Å². The van der Waals surface area contributed by atoms with Gasteiger partial charge in [-0.05, 0) is 32.7 Å². The first-order chi connectivity index (χ1) is 18.9. The van der Waals surface area contributed by atoms with Crippen LogP contribution in [0.5, 0.6) is 0 Å². The van der Waals surface area contributed by atoms with Crippen molar-refractivity contribution in [1.29, 1.82) is 0 Å². The van der Waals surface area contributed by atoms with Crippen LogP contribution in [-0.2, 0) is 26.2 Å². The molecule has 0 fully saturated rings. The van der Waals surface area contributed by atoms with Crippen molar-refractivity contribution in [1.82, 2.24) is 0 Å².